The Balaban J connectivity index is 1.61. The van der Waals surface area contributed by atoms with Gasteiger partial charge < -0.3 is 19.5 Å². The van der Waals surface area contributed by atoms with Gasteiger partial charge in [-0.3, -0.25) is 9.69 Å². The highest BCUT2D eigenvalue weighted by Gasteiger charge is 2.64. The fourth-order valence-electron chi connectivity index (χ4n) is 4.46. The number of esters is 1. The number of rotatable bonds is 6. The third-order valence-electron chi connectivity index (χ3n) is 6.28. The van der Waals surface area contributed by atoms with Crippen molar-refractivity contribution in [2.24, 2.45) is 4.99 Å². The van der Waals surface area contributed by atoms with E-state index in [1.807, 2.05) is 30.3 Å². The van der Waals surface area contributed by atoms with Gasteiger partial charge in [0.1, 0.15) is 11.4 Å². The number of thioether (sulfide) groups is 1. The van der Waals surface area contributed by atoms with Crippen molar-refractivity contribution in [2.75, 3.05) is 19.1 Å². The predicted molar refractivity (Wildman–Crippen MR) is 138 cm³/mol. The molecule has 2 amide bonds. The summed E-state index contributed by atoms with van der Waals surface area (Å²) in [6.45, 7) is 3.56. The maximum atomic E-state index is 13.1. The van der Waals surface area contributed by atoms with Crippen molar-refractivity contribution in [3.8, 4) is 0 Å². The molecule has 3 atom stereocenters. The van der Waals surface area contributed by atoms with E-state index in [1.54, 1.807) is 32.0 Å². The van der Waals surface area contributed by atoms with Gasteiger partial charge >= 0.3 is 18.0 Å². The average Bonchev–Trinajstić information content (AvgIpc) is 3.14. The van der Waals surface area contributed by atoms with Gasteiger partial charge in [-0.25, -0.2) is 19.4 Å². The van der Waals surface area contributed by atoms with Gasteiger partial charge in [0.2, 0.25) is 5.90 Å². The van der Waals surface area contributed by atoms with Crippen molar-refractivity contribution < 1.29 is 33.8 Å². The molecular weight excluding hydrogens is 498 g/mol. The summed E-state index contributed by atoms with van der Waals surface area (Å²) in [4.78, 5) is 57.1. The van der Waals surface area contributed by atoms with Crippen LogP contribution in [0.5, 0.6) is 0 Å². The summed E-state index contributed by atoms with van der Waals surface area (Å²) in [6, 6.07) is 13.8. The second-order valence-electron chi connectivity index (χ2n) is 9.16. The van der Waals surface area contributed by atoms with Crippen LogP contribution in [0.15, 0.2) is 59.6 Å². The molecule has 2 aromatic carbocycles. The van der Waals surface area contributed by atoms with Crippen LogP contribution in [0.2, 0.25) is 0 Å². The Morgan fingerprint density at radius 3 is 2.41 bits per heavy atom. The third-order valence-corrected chi connectivity index (χ3v) is 7.83. The number of carbonyl (C=O) groups excluding carboxylic acids is 3. The monoisotopic (exact) mass is 525 g/mol. The molecule has 194 valence electrons. The van der Waals surface area contributed by atoms with Crippen LogP contribution in [0.4, 0.5) is 10.5 Å². The van der Waals surface area contributed by atoms with Crippen LogP contribution in [0.1, 0.15) is 29.8 Å². The molecule has 0 aliphatic carbocycles. The van der Waals surface area contributed by atoms with Crippen LogP contribution in [-0.2, 0) is 25.5 Å². The lowest BCUT2D eigenvalue weighted by molar-refractivity contribution is -0.158. The van der Waals surface area contributed by atoms with Crippen LogP contribution in [0.25, 0.3) is 0 Å². The Kier molecular flexibility index (Phi) is 7.26. The van der Waals surface area contributed by atoms with Gasteiger partial charge in [0, 0.05) is 18.2 Å². The maximum Gasteiger partial charge on any atom is 0.420 e. The zero-order valence-corrected chi connectivity index (χ0v) is 21.6. The number of benzene rings is 2. The van der Waals surface area contributed by atoms with Crippen molar-refractivity contribution in [3.63, 3.8) is 0 Å². The molecular formula is C26H27N3O7S. The molecule has 0 unspecified atom stereocenters. The molecule has 4 rings (SSSR count). The number of hydrogen-bond acceptors (Lipinski definition) is 8. The molecule has 2 aliphatic heterocycles. The van der Waals surface area contributed by atoms with E-state index >= 15 is 0 Å². The third kappa shape index (κ3) is 5.04. The van der Waals surface area contributed by atoms with Crippen molar-refractivity contribution in [1.82, 2.24) is 4.90 Å². The SMILES string of the molecule is COC(=O)c1ccccc1N(C)C(=O)OC(Cc1ccccc1)=N[C@@H]1C(=O)N2[C@@H]1SC(C)(C)[C@@H]2C(=O)O. The molecule has 37 heavy (non-hydrogen) atoms. The van der Waals surface area contributed by atoms with Crippen LogP contribution >= 0.6 is 11.8 Å². The van der Waals surface area contributed by atoms with Crippen LogP contribution in [0.3, 0.4) is 0 Å². The molecule has 0 radical (unpaired) electrons. The van der Waals surface area contributed by atoms with Gasteiger partial charge in [-0.15, -0.1) is 11.8 Å². The number of nitrogens with zero attached hydrogens (tertiary/aromatic N) is 3. The molecule has 10 nitrogen and oxygen atoms in total. The number of aliphatic carboxylic acids is 1. The zero-order chi connectivity index (χ0) is 26.9. The fraction of sp³-hybridized carbons (Fsp3) is 0.346. The topological polar surface area (TPSA) is 126 Å². The van der Waals surface area contributed by atoms with E-state index < -0.39 is 46.1 Å². The molecule has 2 aromatic rings. The Hall–Kier alpha value is -3.86. The molecule has 2 heterocycles. The summed E-state index contributed by atoms with van der Waals surface area (Å²) in [7, 11) is 2.70. The number of hydrogen-bond donors (Lipinski definition) is 1. The number of ether oxygens (including phenoxy) is 2. The summed E-state index contributed by atoms with van der Waals surface area (Å²) in [6.07, 6.45) is -0.677. The van der Waals surface area contributed by atoms with E-state index in [1.165, 1.54) is 36.9 Å². The van der Waals surface area contributed by atoms with Crippen molar-refractivity contribution in [1.29, 1.82) is 0 Å². The predicted octanol–water partition coefficient (Wildman–Crippen LogP) is 3.20. The quantitative estimate of drug-likeness (QED) is 0.264. The first-order chi connectivity index (χ1) is 17.5. The summed E-state index contributed by atoms with van der Waals surface area (Å²) >= 11 is 1.36. The molecule has 2 fully saturated rings. The summed E-state index contributed by atoms with van der Waals surface area (Å²) in [5.41, 5.74) is 1.26. The molecule has 0 bridgehead atoms. The second-order valence-corrected chi connectivity index (χ2v) is 10.9. The molecule has 0 saturated carbocycles. The smallest absolute Gasteiger partial charge is 0.420 e. The number of carboxylic acid groups (broad SMARTS) is 1. The number of methoxy groups -OCH3 is 1. The summed E-state index contributed by atoms with van der Waals surface area (Å²) in [5, 5.41) is 9.19. The molecule has 2 saturated heterocycles. The highest BCUT2D eigenvalue weighted by atomic mass is 32.2. The fourth-order valence-corrected chi connectivity index (χ4v) is 6.07. The van der Waals surface area contributed by atoms with Crippen LogP contribution in [-0.4, -0.2) is 76.2 Å². The van der Waals surface area contributed by atoms with Gasteiger partial charge in [-0.2, -0.15) is 0 Å². The van der Waals surface area contributed by atoms with Crippen LogP contribution < -0.4 is 4.90 Å². The van der Waals surface area contributed by atoms with Crippen molar-refractivity contribution >= 4 is 47.3 Å². The van der Waals surface area contributed by atoms with E-state index in [2.05, 4.69) is 4.99 Å². The Morgan fingerprint density at radius 2 is 1.76 bits per heavy atom. The molecule has 0 spiro atoms. The molecule has 11 heteroatoms. The summed E-state index contributed by atoms with van der Waals surface area (Å²) < 4.78 is 9.76. The maximum absolute atomic E-state index is 13.1. The Labute approximate surface area is 218 Å². The highest BCUT2D eigenvalue weighted by Crippen LogP contribution is 2.51. The van der Waals surface area contributed by atoms with Gasteiger partial charge in [0.25, 0.3) is 5.91 Å². The van der Waals surface area contributed by atoms with Crippen LogP contribution in [0, 0.1) is 0 Å². The number of para-hydroxylation sites is 1. The number of anilines is 1. The minimum atomic E-state index is -1.07. The van der Waals surface area contributed by atoms with E-state index in [0.717, 1.165) is 10.5 Å². The van der Waals surface area contributed by atoms with Gasteiger partial charge in [-0.1, -0.05) is 42.5 Å². The first-order valence-electron chi connectivity index (χ1n) is 11.5. The first-order valence-corrected chi connectivity index (χ1v) is 12.4. The van der Waals surface area contributed by atoms with E-state index in [4.69, 9.17) is 9.47 Å². The Bertz CT molecular complexity index is 1260. The first kappa shape index (κ1) is 26.2. The minimum absolute atomic E-state index is 0.00813. The Morgan fingerprint density at radius 1 is 1.11 bits per heavy atom. The minimum Gasteiger partial charge on any atom is -0.480 e. The second kappa shape index (κ2) is 10.3. The van der Waals surface area contributed by atoms with Crippen molar-refractivity contribution in [2.45, 2.75) is 42.5 Å². The average molecular weight is 526 g/mol. The number of amides is 2. The van der Waals surface area contributed by atoms with Crippen molar-refractivity contribution in [3.05, 3.63) is 65.7 Å². The van der Waals surface area contributed by atoms with Gasteiger partial charge in [0.05, 0.1) is 18.4 Å². The number of β-lactam (4-membered cyclic amide) rings is 1. The van der Waals surface area contributed by atoms with E-state index in [9.17, 15) is 24.3 Å². The number of fused-ring (bicyclic) bond motifs is 1. The zero-order valence-electron chi connectivity index (χ0n) is 20.8. The lowest BCUT2D eigenvalue weighted by Gasteiger charge is -2.41. The summed E-state index contributed by atoms with van der Waals surface area (Å²) in [5.74, 6) is -2.10. The molecule has 1 N–H and O–H groups in total. The van der Waals surface area contributed by atoms with Gasteiger partial charge in [-0.05, 0) is 31.5 Å². The normalized spacial score (nSPS) is 22.1. The lowest BCUT2D eigenvalue weighted by Crippen LogP contribution is -2.65. The molecule has 0 aromatic heterocycles. The van der Waals surface area contributed by atoms with Gasteiger partial charge in [0.15, 0.2) is 6.04 Å². The van der Waals surface area contributed by atoms with E-state index in [0.29, 0.717) is 0 Å². The highest BCUT2D eigenvalue weighted by molar-refractivity contribution is 8.01. The number of aliphatic imine (C=N–C) groups is 1. The number of carbonyl (C=O) groups is 4. The lowest BCUT2D eigenvalue weighted by atomic mass is 9.96. The largest absolute Gasteiger partial charge is 0.480 e. The standard InChI is InChI=1S/C26H27N3O7S/c1-26(2)20(23(31)32)29-21(30)19(22(29)37-26)27-18(14-15-10-6-5-7-11-15)36-25(34)28(3)17-13-9-8-12-16(17)24(33)35-4/h5-13,19-20,22H,14H2,1-4H3,(H,31,32)/t19-,20+,22-/m1/s1. The van der Waals surface area contributed by atoms with E-state index in [-0.39, 0.29) is 23.6 Å². The molecule has 2 aliphatic rings. The number of carboxylic acids is 1.